The Hall–Kier alpha value is -1.56. The number of carbonyl (C=O) groups is 1. The number of anilines is 1. The zero-order valence-electron chi connectivity index (χ0n) is 13.4. The summed E-state index contributed by atoms with van der Waals surface area (Å²) in [5.41, 5.74) is 1.81. The Balaban J connectivity index is 0.00000264. The van der Waals surface area contributed by atoms with Crippen LogP contribution in [0.15, 0.2) is 24.4 Å². The minimum Gasteiger partial charge on any atom is -1.00 e. The highest BCUT2D eigenvalue weighted by Crippen LogP contribution is 2.30. The number of nitrogens with one attached hydrogen (secondary N) is 1. The summed E-state index contributed by atoms with van der Waals surface area (Å²) in [6.07, 6.45) is 1.52. The van der Waals surface area contributed by atoms with Gasteiger partial charge in [-0.2, -0.15) is 0 Å². The van der Waals surface area contributed by atoms with Crippen molar-refractivity contribution < 1.29 is 21.9 Å². The first kappa shape index (κ1) is 19.5. The first-order chi connectivity index (χ1) is 10.5. The van der Waals surface area contributed by atoms with E-state index in [0.717, 1.165) is 11.9 Å². The second kappa shape index (κ2) is 8.91. The van der Waals surface area contributed by atoms with E-state index >= 15 is 0 Å². The molecule has 0 saturated carbocycles. The first-order valence-electron chi connectivity index (χ1n) is 7.17. The molecule has 1 aromatic carbocycles. The van der Waals surface area contributed by atoms with Crippen LogP contribution in [0.3, 0.4) is 0 Å². The second-order valence-corrected chi connectivity index (χ2v) is 5.54. The van der Waals surface area contributed by atoms with Gasteiger partial charge in [0.05, 0.1) is 22.8 Å². The minimum absolute atomic E-state index is 0. The Bertz CT molecular complexity index is 678. The van der Waals surface area contributed by atoms with Crippen LogP contribution in [0.4, 0.5) is 5.69 Å². The predicted octanol–water partition coefficient (Wildman–Crippen LogP) is 0.0424. The van der Waals surface area contributed by atoms with E-state index in [2.05, 4.69) is 15.2 Å². The molecule has 2 rings (SSSR count). The third-order valence-corrected chi connectivity index (χ3v) is 3.51. The van der Waals surface area contributed by atoms with Gasteiger partial charge >= 0.3 is 5.97 Å². The summed E-state index contributed by atoms with van der Waals surface area (Å²) in [5, 5.41) is 4.69. The number of benzene rings is 1. The molecular formula is C16H20Cl2N3O2-. The summed E-state index contributed by atoms with van der Waals surface area (Å²) in [6.45, 7) is 3.64. The molecule has 0 aliphatic rings. The number of esters is 1. The van der Waals surface area contributed by atoms with Crippen molar-refractivity contribution in [3.05, 3.63) is 35.0 Å². The van der Waals surface area contributed by atoms with Gasteiger partial charge in [-0.3, -0.25) is 4.98 Å². The molecule has 0 atom stereocenters. The number of nitrogens with zero attached hydrogens (tertiary/aromatic N) is 2. The monoisotopic (exact) mass is 356 g/mol. The van der Waals surface area contributed by atoms with Crippen LogP contribution < -0.4 is 17.7 Å². The molecule has 0 bridgehead atoms. The van der Waals surface area contributed by atoms with Gasteiger partial charge < -0.3 is 27.4 Å². The number of aromatic nitrogens is 1. The molecule has 1 aromatic heterocycles. The minimum atomic E-state index is -0.385. The van der Waals surface area contributed by atoms with Gasteiger partial charge in [-0.15, -0.1) is 0 Å². The number of hydrogen-bond acceptors (Lipinski definition) is 5. The van der Waals surface area contributed by atoms with Crippen LogP contribution in [0.2, 0.25) is 5.02 Å². The third-order valence-electron chi connectivity index (χ3n) is 3.20. The Morgan fingerprint density at radius 2 is 2.13 bits per heavy atom. The number of hydrogen-bond donors (Lipinski definition) is 1. The lowest BCUT2D eigenvalue weighted by Gasteiger charge is -2.16. The summed E-state index contributed by atoms with van der Waals surface area (Å²) in [7, 11) is 3.99. The molecule has 0 radical (unpaired) electrons. The zero-order valence-corrected chi connectivity index (χ0v) is 14.9. The number of halogens is 2. The average Bonchev–Trinajstić information content (AvgIpc) is 2.47. The zero-order chi connectivity index (χ0) is 16.1. The molecule has 0 fully saturated rings. The lowest BCUT2D eigenvalue weighted by Crippen LogP contribution is -3.00. The summed E-state index contributed by atoms with van der Waals surface area (Å²) in [5.74, 6) is -0.385. The van der Waals surface area contributed by atoms with Crippen molar-refractivity contribution in [1.82, 2.24) is 9.88 Å². The third kappa shape index (κ3) is 4.70. The number of para-hydroxylation sites is 1. The summed E-state index contributed by atoms with van der Waals surface area (Å²) in [6, 6.07) is 5.53. The number of carbonyl (C=O) groups excluding carboxylic acids is 1. The van der Waals surface area contributed by atoms with Crippen molar-refractivity contribution in [2.24, 2.45) is 0 Å². The molecule has 23 heavy (non-hydrogen) atoms. The van der Waals surface area contributed by atoms with Gasteiger partial charge in [-0.1, -0.05) is 23.7 Å². The largest absolute Gasteiger partial charge is 1.00 e. The smallest absolute Gasteiger partial charge is 0.341 e. The van der Waals surface area contributed by atoms with Crippen LogP contribution in [-0.2, 0) is 4.74 Å². The van der Waals surface area contributed by atoms with E-state index in [9.17, 15) is 4.79 Å². The molecule has 126 valence electrons. The molecule has 0 amide bonds. The number of pyridine rings is 1. The summed E-state index contributed by atoms with van der Waals surface area (Å²) >= 11 is 6.19. The average molecular weight is 357 g/mol. The number of likely N-dealkylation sites (N-methyl/N-ethyl adjacent to an activating group) is 1. The van der Waals surface area contributed by atoms with Crippen molar-refractivity contribution >= 4 is 34.2 Å². The van der Waals surface area contributed by atoms with E-state index in [1.165, 1.54) is 6.20 Å². The summed E-state index contributed by atoms with van der Waals surface area (Å²) < 4.78 is 5.11. The number of rotatable bonds is 6. The van der Waals surface area contributed by atoms with Crippen molar-refractivity contribution in [2.45, 2.75) is 6.92 Å². The fourth-order valence-electron chi connectivity index (χ4n) is 2.15. The van der Waals surface area contributed by atoms with E-state index in [0.29, 0.717) is 34.9 Å². The van der Waals surface area contributed by atoms with Gasteiger partial charge in [0.1, 0.15) is 5.56 Å². The van der Waals surface area contributed by atoms with Crippen LogP contribution in [-0.4, -0.2) is 49.6 Å². The topological polar surface area (TPSA) is 54.5 Å². The molecule has 0 unspecified atom stereocenters. The predicted molar refractivity (Wildman–Crippen MR) is 89.8 cm³/mol. The fraction of sp³-hybridized carbons (Fsp3) is 0.375. The van der Waals surface area contributed by atoms with Gasteiger partial charge in [0, 0.05) is 24.7 Å². The maximum atomic E-state index is 12.1. The molecule has 0 saturated heterocycles. The van der Waals surface area contributed by atoms with Gasteiger partial charge in [-0.25, -0.2) is 4.79 Å². The fourth-order valence-corrected chi connectivity index (χ4v) is 2.37. The van der Waals surface area contributed by atoms with Gasteiger partial charge in [0.25, 0.3) is 0 Å². The van der Waals surface area contributed by atoms with Crippen molar-refractivity contribution in [3.8, 4) is 0 Å². The quantitative estimate of drug-likeness (QED) is 0.740. The van der Waals surface area contributed by atoms with E-state index in [1.807, 2.05) is 26.2 Å². The van der Waals surface area contributed by atoms with Crippen molar-refractivity contribution in [3.63, 3.8) is 0 Å². The maximum absolute atomic E-state index is 12.1. The Labute approximate surface area is 147 Å². The van der Waals surface area contributed by atoms with E-state index in [-0.39, 0.29) is 18.4 Å². The second-order valence-electron chi connectivity index (χ2n) is 5.13. The molecular weight excluding hydrogens is 337 g/mol. The highest BCUT2D eigenvalue weighted by molar-refractivity contribution is 6.35. The van der Waals surface area contributed by atoms with E-state index < -0.39 is 0 Å². The first-order valence-corrected chi connectivity index (χ1v) is 7.55. The van der Waals surface area contributed by atoms with Gasteiger partial charge in [0.2, 0.25) is 0 Å². The van der Waals surface area contributed by atoms with Gasteiger partial charge in [-0.05, 0) is 27.1 Å². The van der Waals surface area contributed by atoms with Crippen molar-refractivity contribution in [2.75, 3.05) is 39.1 Å². The molecule has 7 heteroatoms. The standard InChI is InChI=1S/C16H20ClN3O2.ClH/c1-4-22-16(21)12-10-19-15-11(6-5-7-13(15)17)14(12)18-8-9-20(2)3;/h5-7,10H,4,8-9H2,1-3H3,(H,18,19);1H/p-1. The summed E-state index contributed by atoms with van der Waals surface area (Å²) in [4.78, 5) is 18.5. The lowest BCUT2D eigenvalue weighted by atomic mass is 10.1. The van der Waals surface area contributed by atoms with Gasteiger partial charge in [0.15, 0.2) is 0 Å². The molecule has 0 aliphatic heterocycles. The molecule has 1 heterocycles. The molecule has 2 aromatic rings. The lowest BCUT2D eigenvalue weighted by molar-refractivity contribution is -0.0000227. The SMILES string of the molecule is CCOC(=O)c1cnc2c(Cl)cccc2c1NCCN(C)C.[Cl-]. The molecule has 5 nitrogen and oxygen atoms in total. The van der Waals surface area contributed by atoms with Crippen LogP contribution in [0.25, 0.3) is 10.9 Å². The number of ether oxygens (including phenoxy) is 1. The highest BCUT2D eigenvalue weighted by atomic mass is 35.5. The van der Waals surface area contributed by atoms with Crippen LogP contribution >= 0.6 is 11.6 Å². The van der Waals surface area contributed by atoms with Crippen LogP contribution in [0.5, 0.6) is 0 Å². The highest BCUT2D eigenvalue weighted by Gasteiger charge is 2.17. The van der Waals surface area contributed by atoms with E-state index in [1.54, 1.807) is 13.0 Å². The maximum Gasteiger partial charge on any atom is 0.341 e. The van der Waals surface area contributed by atoms with Crippen molar-refractivity contribution in [1.29, 1.82) is 0 Å². The normalized spacial score (nSPS) is 10.5. The molecule has 1 N–H and O–H groups in total. The number of fused-ring (bicyclic) bond motifs is 1. The molecule has 0 aliphatic carbocycles. The molecule has 0 spiro atoms. The van der Waals surface area contributed by atoms with E-state index in [4.69, 9.17) is 16.3 Å². The Morgan fingerprint density at radius 1 is 1.39 bits per heavy atom. The van der Waals surface area contributed by atoms with Crippen LogP contribution in [0, 0.1) is 0 Å². The Kier molecular flexibility index (Phi) is 7.55. The van der Waals surface area contributed by atoms with Crippen LogP contribution in [0.1, 0.15) is 17.3 Å². The Morgan fingerprint density at radius 3 is 2.78 bits per heavy atom.